The molecular weight excluding hydrogens is 202 g/mol. The Bertz CT molecular complexity index is 357. The maximum atomic E-state index is 11.6. The molecule has 1 saturated carbocycles. The molecule has 0 spiro atoms. The number of nitrogen functional groups attached to an aromatic ring is 1. The van der Waals surface area contributed by atoms with Crippen LogP contribution in [0.15, 0.2) is 18.3 Å². The van der Waals surface area contributed by atoms with Gasteiger partial charge in [-0.2, -0.15) is 0 Å². The van der Waals surface area contributed by atoms with Crippen molar-refractivity contribution in [3.63, 3.8) is 0 Å². The van der Waals surface area contributed by atoms with Crippen molar-refractivity contribution in [1.82, 2.24) is 10.3 Å². The molecule has 1 amide bonds. The van der Waals surface area contributed by atoms with Crippen LogP contribution in [-0.2, 0) is 0 Å². The third-order valence-corrected chi connectivity index (χ3v) is 3.08. The van der Waals surface area contributed by atoms with Crippen LogP contribution in [0.5, 0.6) is 0 Å². The number of pyridine rings is 1. The van der Waals surface area contributed by atoms with Crippen molar-refractivity contribution in [2.75, 3.05) is 12.3 Å². The Balaban J connectivity index is 1.76. The number of amides is 1. The van der Waals surface area contributed by atoms with Gasteiger partial charge in [0.1, 0.15) is 5.69 Å². The second kappa shape index (κ2) is 4.96. The topological polar surface area (TPSA) is 68.0 Å². The van der Waals surface area contributed by atoms with E-state index in [4.69, 9.17) is 5.73 Å². The van der Waals surface area contributed by atoms with E-state index in [9.17, 15) is 4.79 Å². The molecule has 1 aromatic heterocycles. The lowest BCUT2D eigenvalue weighted by molar-refractivity contribution is 0.0944. The largest absolute Gasteiger partial charge is 0.397 e. The lowest BCUT2D eigenvalue weighted by Gasteiger charge is -2.25. The number of nitrogens with zero attached hydrogens (tertiary/aromatic N) is 1. The van der Waals surface area contributed by atoms with Crippen LogP contribution in [0.4, 0.5) is 5.69 Å². The van der Waals surface area contributed by atoms with E-state index in [-0.39, 0.29) is 5.91 Å². The number of aromatic nitrogens is 1. The maximum absolute atomic E-state index is 11.6. The molecule has 0 aliphatic heterocycles. The molecule has 0 atom stereocenters. The summed E-state index contributed by atoms with van der Waals surface area (Å²) in [6.07, 6.45) is 6.56. The van der Waals surface area contributed by atoms with Gasteiger partial charge in [-0.3, -0.25) is 4.79 Å². The van der Waals surface area contributed by atoms with Crippen molar-refractivity contribution < 1.29 is 4.79 Å². The predicted molar refractivity (Wildman–Crippen MR) is 62.9 cm³/mol. The van der Waals surface area contributed by atoms with Gasteiger partial charge in [-0.05, 0) is 24.5 Å². The second-order valence-electron chi connectivity index (χ2n) is 4.32. The molecule has 0 aromatic carbocycles. The van der Waals surface area contributed by atoms with Gasteiger partial charge in [-0.15, -0.1) is 0 Å². The van der Waals surface area contributed by atoms with Gasteiger partial charge in [0.25, 0.3) is 5.91 Å². The van der Waals surface area contributed by atoms with Crippen LogP contribution in [0.2, 0.25) is 0 Å². The highest BCUT2D eigenvalue weighted by molar-refractivity contribution is 5.92. The molecule has 0 radical (unpaired) electrons. The van der Waals surface area contributed by atoms with Crippen molar-refractivity contribution in [3.8, 4) is 0 Å². The maximum Gasteiger partial charge on any atom is 0.269 e. The van der Waals surface area contributed by atoms with E-state index in [1.165, 1.54) is 25.5 Å². The fraction of sp³-hybridized carbons (Fsp3) is 0.500. The summed E-state index contributed by atoms with van der Waals surface area (Å²) >= 11 is 0. The van der Waals surface area contributed by atoms with Crippen LogP contribution in [-0.4, -0.2) is 17.4 Å². The zero-order valence-corrected chi connectivity index (χ0v) is 9.28. The molecule has 4 heteroatoms. The molecule has 0 bridgehead atoms. The molecule has 4 nitrogen and oxygen atoms in total. The van der Waals surface area contributed by atoms with Crippen molar-refractivity contribution >= 4 is 11.6 Å². The molecular formula is C12H17N3O. The first kappa shape index (κ1) is 10.9. The molecule has 86 valence electrons. The van der Waals surface area contributed by atoms with Crippen LogP contribution in [0.25, 0.3) is 0 Å². The molecule has 1 fully saturated rings. The smallest absolute Gasteiger partial charge is 0.269 e. The number of nitrogens with one attached hydrogen (secondary N) is 1. The summed E-state index contributed by atoms with van der Waals surface area (Å²) < 4.78 is 0. The third kappa shape index (κ3) is 2.72. The third-order valence-electron chi connectivity index (χ3n) is 3.08. The van der Waals surface area contributed by atoms with E-state index in [0.717, 1.165) is 18.9 Å². The minimum absolute atomic E-state index is 0.112. The average molecular weight is 219 g/mol. The SMILES string of the molecule is Nc1ccc(C(=O)NCCC2CCC2)nc1. The van der Waals surface area contributed by atoms with E-state index >= 15 is 0 Å². The Labute approximate surface area is 95.3 Å². The number of hydrogen-bond donors (Lipinski definition) is 2. The summed E-state index contributed by atoms with van der Waals surface area (Å²) in [5.41, 5.74) is 6.51. The standard InChI is InChI=1S/C12H17N3O/c13-10-4-5-11(15-8-10)12(16)14-7-6-9-2-1-3-9/h4-5,8-9H,1-3,6-7,13H2,(H,14,16). The van der Waals surface area contributed by atoms with Crippen LogP contribution in [0.1, 0.15) is 36.2 Å². The summed E-state index contributed by atoms with van der Waals surface area (Å²) in [5.74, 6) is 0.707. The Hall–Kier alpha value is -1.58. The summed E-state index contributed by atoms with van der Waals surface area (Å²) in [5, 5.41) is 2.88. The fourth-order valence-electron chi connectivity index (χ4n) is 1.80. The number of carbonyl (C=O) groups excluding carboxylic acids is 1. The van der Waals surface area contributed by atoms with Gasteiger partial charge in [0.2, 0.25) is 0 Å². The number of nitrogens with two attached hydrogens (primary N) is 1. The summed E-state index contributed by atoms with van der Waals surface area (Å²) in [6.45, 7) is 0.746. The number of rotatable bonds is 4. The molecule has 1 aliphatic carbocycles. The Kier molecular flexibility index (Phi) is 3.39. The van der Waals surface area contributed by atoms with Crippen molar-refractivity contribution in [2.24, 2.45) is 5.92 Å². The first-order chi connectivity index (χ1) is 7.75. The van der Waals surface area contributed by atoms with Gasteiger partial charge in [0, 0.05) is 6.54 Å². The Morgan fingerprint density at radius 1 is 1.50 bits per heavy atom. The minimum atomic E-state index is -0.112. The normalized spacial score (nSPS) is 15.5. The molecule has 1 heterocycles. The molecule has 16 heavy (non-hydrogen) atoms. The number of hydrogen-bond acceptors (Lipinski definition) is 3. The highest BCUT2D eigenvalue weighted by atomic mass is 16.1. The zero-order valence-electron chi connectivity index (χ0n) is 9.28. The highest BCUT2D eigenvalue weighted by Gasteiger charge is 2.17. The predicted octanol–water partition coefficient (Wildman–Crippen LogP) is 1.58. The molecule has 3 N–H and O–H groups in total. The van der Waals surface area contributed by atoms with E-state index in [1.54, 1.807) is 12.1 Å². The molecule has 0 unspecified atom stereocenters. The quantitative estimate of drug-likeness (QED) is 0.808. The lowest BCUT2D eigenvalue weighted by Crippen LogP contribution is -2.28. The first-order valence-corrected chi connectivity index (χ1v) is 5.75. The minimum Gasteiger partial charge on any atom is -0.397 e. The van der Waals surface area contributed by atoms with Crippen molar-refractivity contribution in [3.05, 3.63) is 24.0 Å². The summed E-state index contributed by atoms with van der Waals surface area (Å²) in [6, 6.07) is 3.34. The summed E-state index contributed by atoms with van der Waals surface area (Å²) in [7, 11) is 0. The molecule has 1 aliphatic rings. The fourth-order valence-corrected chi connectivity index (χ4v) is 1.80. The van der Waals surface area contributed by atoms with Gasteiger partial charge < -0.3 is 11.1 Å². The van der Waals surface area contributed by atoms with Crippen LogP contribution in [0.3, 0.4) is 0 Å². The summed E-state index contributed by atoms with van der Waals surface area (Å²) in [4.78, 5) is 15.6. The van der Waals surface area contributed by atoms with Gasteiger partial charge in [-0.1, -0.05) is 19.3 Å². The lowest BCUT2D eigenvalue weighted by atomic mass is 9.83. The van der Waals surface area contributed by atoms with Gasteiger partial charge in [0.05, 0.1) is 11.9 Å². The second-order valence-corrected chi connectivity index (χ2v) is 4.32. The first-order valence-electron chi connectivity index (χ1n) is 5.75. The van der Waals surface area contributed by atoms with Gasteiger partial charge >= 0.3 is 0 Å². The van der Waals surface area contributed by atoms with E-state index < -0.39 is 0 Å². The Morgan fingerprint density at radius 3 is 2.88 bits per heavy atom. The van der Waals surface area contributed by atoms with E-state index in [2.05, 4.69) is 10.3 Å². The average Bonchev–Trinajstić information content (AvgIpc) is 2.22. The van der Waals surface area contributed by atoms with Gasteiger partial charge in [0.15, 0.2) is 0 Å². The molecule has 2 rings (SSSR count). The highest BCUT2D eigenvalue weighted by Crippen LogP contribution is 2.28. The van der Waals surface area contributed by atoms with Crippen LogP contribution >= 0.6 is 0 Å². The van der Waals surface area contributed by atoms with Crippen molar-refractivity contribution in [1.29, 1.82) is 0 Å². The van der Waals surface area contributed by atoms with Crippen molar-refractivity contribution in [2.45, 2.75) is 25.7 Å². The Morgan fingerprint density at radius 2 is 2.31 bits per heavy atom. The van der Waals surface area contributed by atoms with Crippen LogP contribution < -0.4 is 11.1 Å². The monoisotopic (exact) mass is 219 g/mol. The molecule has 1 aromatic rings. The zero-order chi connectivity index (χ0) is 11.4. The van der Waals surface area contributed by atoms with E-state index in [1.807, 2.05) is 0 Å². The van der Waals surface area contributed by atoms with E-state index in [0.29, 0.717) is 11.4 Å². The number of carbonyl (C=O) groups is 1. The number of anilines is 1. The van der Waals surface area contributed by atoms with Crippen LogP contribution in [0, 0.1) is 5.92 Å². The molecule has 0 saturated heterocycles. The van der Waals surface area contributed by atoms with Gasteiger partial charge in [-0.25, -0.2) is 4.98 Å².